The lowest BCUT2D eigenvalue weighted by molar-refractivity contribution is 0.0224. The number of rotatable bonds is 6. The molecular formula is C31H33BrN2O3. The summed E-state index contributed by atoms with van der Waals surface area (Å²) in [5.74, 6) is 3.36. The minimum absolute atomic E-state index is 0.314. The van der Waals surface area contributed by atoms with Crippen LogP contribution in [0.5, 0.6) is 11.5 Å². The van der Waals surface area contributed by atoms with Gasteiger partial charge in [0.1, 0.15) is 11.5 Å². The summed E-state index contributed by atoms with van der Waals surface area (Å²) in [5, 5.41) is 0. The van der Waals surface area contributed by atoms with Gasteiger partial charge >= 0.3 is 5.97 Å². The molecule has 6 heteroatoms. The highest BCUT2D eigenvalue weighted by Gasteiger charge is 2.53. The van der Waals surface area contributed by atoms with Crippen LogP contribution in [-0.4, -0.2) is 32.1 Å². The van der Waals surface area contributed by atoms with E-state index in [1.807, 2.05) is 30.3 Å². The van der Waals surface area contributed by atoms with Crippen molar-refractivity contribution in [1.82, 2.24) is 0 Å². The molecule has 0 radical (unpaired) electrons. The molecule has 0 N–H and O–H groups in total. The van der Waals surface area contributed by atoms with Crippen molar-refractivity contribution in [2.45, 2.75) is 40.2 Å². The van der Waals surface area contributed by atoms with Crippen molar-refractivity contribution in [3.63, 3.8) is 0 Å². The van der Waals surface area contributed by atoms with E-state index in [1.165, 1.54) is 0 Å². The summed E-state index contributed by atoms with van der Waals surface area (Å²) in [5.41, 5.74) is 4.21. The Labute approximate surface area is 228 Å². The van der Waals surface area contributed by atoms with Crippen molar-refractivity contribution in [3.05, 3.63) is 81.3 Å². The summed E-state index contributed by atoms with van der Waals surface area (Å²) >= 11 is 3.79. The predicted octanol–water partition coefficient (Wildman–Crippen LogP) is 7.35. The van der Waals surface area contributed by atoms with Crippen LogP contribution in [0.3, 0.4) is 0 Å². The molecule has 0 aliphatic carbocycles. The van der Waals surface area contributed by atoms with Crippen molar-refractivity contribution in [3.8, 4) is 23.8 Å². The van der Waals surface area contributed by atoms with E-state index >= 15 is 0 Å². The number of esters is 1. The van der Waals surface area contributed by atoms with E-state index in [-0.39, 0.29) is 5.97 Å². The van der Waals surface area contributed by atoms with E-state index in [4.69, 9.17) is 9.47 Å². The zero-order chi connectivity index (χ0) is 26.7. The van der Waals surface area contributed by atoms with Crippen LogP contribution in [0, 0.1) is 12.3 Å². The maximum absolute atomic E-state index is 13.1. The molecule has 1 unspecified atom stereocenters. The fraction of sp³-hybridized carbons (Fsp3) is 0.323. The fourth-order valence-corrected chi connectivity index (χ4v) is 5.86. The summed E-state index contributed by atoms with van der Waals surface area (Å²) in [6, 6.07) is 18.0. The summed E-state index contributed by atoms with van der Waals surface area (Å²) in [6.07, 6.45) is 4.60. The fourth-order valence-electron chi connectivity index (χ4n) is 5.26. The molecular weight excluding hydrogens is 528 g/mol. The van der Waals surface area contributed by atoms with E-state index < -0.39 is 5.60 Å². The van der Waals surface area contributed by atoms with Gasteiger partial charge in [-0.2, -0.15) is 0 Å². The van der Waals surface area contributed by atoms with Crippen molar-refractivity contribution in [1.29, 1.82) is 0 Å². The Morgan fingerprint density at radius 1 is 0.865 bits per heavy atom. The smallest absolute Gasteiger partial charge is 0.340 e. The number of terminal acetylenes is 1. The molecule has 0 aromatic heterocycles. The van der Waals surface area contributed by atoms with Crippen molar-refractivity contribution >= 4 is 33.3 Å². The number of ether oxygens (including phenoxy) is 2. The first kappa shape index (κ1) is 26.6. The summed E-state index contributed by atoms with van der Waals surface area (Å²) in [6.45, 7) is 13.8. The highest BCUT2D eigenvalue weighted by molar-refractivity contribution is 9.10. The van der Waals surface area contributed by atoms with Gasteiger partial charge in [-0.05, 0) is 74.8 Å². The predicted molar refractivity (Wildman–Crippen MR) is 154 cm³/mol. The molecule has 3 aromatic rings. The number of hydrogen-bond donors (Lipinski definition) is 0. The molecule has 3 aromatic carbocycles. The lowest BCUT2D eigenvalue weighted by Gasteiger charge is -2.38. The second-order valence-electron chi connectivity index (χ2n) is 8.83. The van der Waals surface area contributed by atoms with Crippen LogP contribution in [0.15, 0.2) is 59.1 Å². The zero-order valence-corrected chi connectivity index (χ0v) is 23.7. The lowest BCUT2D eigenvalue weighted by atomic mass is 9.77. The highest BCUT2D eigenvalue weighted by Crippen LogP contribution is 2.57. The zero-order valence-electron chi connectivity index (χ0n) is 22.1. The molecule has 5 rings (SSSR count). The first-order chi connectivity index (χ1) is 17.9. The number of carbonyl (C=O) groups excluding carboxylic acids is 1. The van der Waals surface area contributed by atoms with E-state index in [9.17, 15) is 4.79 Å². The summed E-state index contributed by atoms with van der Waals surface area (Å²) in [7, 11) is 0. The number of carbonyl (C=O) groups is 1. The lowest BCUT2D eigenvalue weighted by Crippen LogP contribution is -2.34. The van der Waals surface area contributed by atoms with Crippen molar-refractivity contribution < 1.29 is 14.3 Å². The van der Waals surface area contributed by atoms with Crippen LogP contribution in [0.4, 0.5) is 11.4 Å². The van der Waals surface area contributed by atoms with Crippen LogP contribution < -0.4 is 14.5 Å². The van der Waals surface area contributed by atoms with Crippen LogP contribution in [0.25, 0.3) is 0 Å². The molecule has 0 amide bonds. The second-order valence-corrected chi connectivity index (χ2v) is 9.69. The Bertz CT molecular complexity index is 1360. The van der Waals surface area contributed by atoms with Gasteiger partial charge in [0, 0.05) is 65.2 Å². The van der Waals surface area contributed by atoms with Crippen LogP contribution in [0.2, 0.25) is 0 Å². The number of anilines is 2. The van der Waals surface area contributed by atoms with Gasteiger partial charge in [0.05, 0.1) is 11.3 Å². The summed E-state index contributed by atoms with van der Waals surface area (Å²) < 4.78 is 13.8. The number of fused-ring (bicyclic) bond motifs is 6. The molecule has 37 heavy (non-hydrogen) atoms. The Hall–Kier alpha value is -3.43. The molecule has 2 aliphatic rings. The van der Waals surface area contributed by atoms with Crippen LogP contribution >= 0.6 is 15.9 Å². The summed E-state index contributed by atoms with van der Waals surface area (Å²) in [4.78, 5) is 17.6. The van der Waals surface area contributed by atoms with E-state index in [1.54, 1.807) is 6.92 Å². The number of benzene rings is 3. The highest BCUT2D eigenvalue weighted by atomic mass is 79.9. The molecule has 0 fully saturated rings. The van der Waals surface area contributed by atoms with E-state index in [0.29, 0.717) is 17.1 Å². The van der Waals surface area contributed by atoms with Gasteiger partial charge in [-0.25, -0.2) is 4.79 Å². The maximum Gasteiger partial charge on any atom is 0.340 e. The first-order valence-electron chi connectivity index (χ1n) is 12.8. The number of halogens is 1. The van der Waals surface area contributed by atoms with Gasteiger partial charge in [-0.15, -0.1) is 12.3 Å². The minimum atomic E-state index is -1.05. The average molecular weight is 562 g/mol. The van der Waals surface area contributed by atoms with Gasteiger partial charge in [-0.3, -0.25) is 0 Å². The molecule has 2 aliphatic heterocycles. The largest absolute Gasteiger partial charge is 0.456 e. The normalized spacial score (nSPS) is 16.3. The Kier molecular flexibility index (Phi) is 7.85. The quantitative estimate of drug-likeness (QED) is 0.233. The van der Waals surface area contributed by atoms with Crippen LogP contribution in [0.1, 0.15) is 61.7 Å². The monoisotopic (exact) mass is 560 g/mol. The molecule has 5 nitrogen and oxygen atoms in total. The van der Waals surface area contributed by atoms with Crippen molar-refractivity contribution in [2.24, 2.45) is 0 Å². The molecule has 1 spiro atoms. The van der Waals surface area contributed by atoms with Crippen molar-refractivity contribution in [2.75, 3.05) is 36.0 Å². The number of nitrogens with zero attached hydrogens (tertiary/aromatic N) is 2. The Balaban J connectivity index is 0.00000102. The van der Waals surface area contributed by atoms with Crippen LogP contribution in [-0.2, 0) is 10.3 Å². The Morgan fingerprint density at radius 2 is 1.49 bits per heavy atom. The molecule has 1 atom stereocenters. The standard InChI is InChI=1S/C28H29BrN2O3.C3H4/c1-5-30(6-2)18-13-14-21-25(15-18)33-26-17-24(31(7-3)8-4)23(29)16-22(26)28(21)20-12-10-9-11-19(20)27(32)34-28;1-3-2/h9-17H,5-8H2,1-4H3;1H,2H3. The molecule has 0 saturated carbocycles. The third kappa shape index (κ3) is 4.36. The van der Waals surface area contributed by atoms with Gasteiger partial charge in [0.2, 0.25) is 0 Å². The third-order valence-corrected chi connectivity index (χ3v) is 7.63. The Morgan fingerprint density at radius 3 is 2.14 bits per heavy atom. The second kappa shape index (κ2) is 10.9. The van der Waals surface area contributed by atoms with Gasteiger partial charge in [-0.1, -0.05) is 18.2 Å². The number of hydrogen-bond acceptors (Lipinski definition) is 5. The maximum atomic E-state index is 13.1. The van der Waals surface area contributed by atoms with Gasteiger partial charge in [0.25, 0.3) is 0 Å². The topological polar surface area (TPSA) is 42.0 Å². The molecule has 0 bridgehead atoms. The van der Waals surface area contributed by atoms with E-state index in [2.05, 4.69) is 90.0 Å². The SMILES string of the molecule is C#CC.CCN(CC)c1ccc2c(c1)Oc1cc(N(CC)CC)c(Br)cc1C21OC(=O)c2ccccc21. The van der Waals surface area contributed by atoms with E-state index in [0.717, 1.165) is 58.7 Å². The third-order valence-electron chi connectivity index (χ3n) is 7.00. The molecule has 2 heterocycles. The molecule has 0 saturated heterocycles. The first-order valence-corrected chi connectivity index (χ1v) is 13.6. The van der Waals surface area contributed by atoms with Gasteiger partial charge < -0.3 is 19.3 Å². The van der Waals surface area contributed by atoms with Gasteiger partial charge in [0.15, 0.2) is 5.60 Å². The average Bonchev–Trinajstić information content (AvgIpc) is 3.20. The molecule has 192 valence electrons. The minimum Gasteiger partial charge on any atom is -0.456 e.